The van der Waals surface area contributed by atoms with E-state index in [9.17, 15) is 22.8 Å². The molecule has 1 fully saturated rings. The summed E-state index contributed by atoms with van der Waals surface area (Å²) in [5.74, 6) is -1.60. The van der Waals surface area contributed by atoms with Crippen LogP contribution in [0.1, 0.15) is 46.5 Å². The van der Waals surface area contributed by atoms with Crippen molar-refractivity contribution in [1.82, 2.24) is 4.98 Å². The van der Waals surface area contributed by atoms with Crippen molar-refractivity contribution >= 4 is 49.8 Å². The van der Waals surface area contributed by atoms with Gasteiger partial charge >= 0.3 is 12.0 Å². The van der Waals surface area contributed by atoms with E-state index in [1.54, 1.807) is 24.3 Å². The van der Waals surface area contributed by atoms with Gasteiger partial charge in [0.15, 0.2) is 30.7 Å². The Morgan fingerprint density at radius 3 is 2.38 bits per heavy atom. The van der Waals surface area contributed by atoms with Gasteiger partial charge in [-0.3, -0.25) is 10.1 Å². The summed E-state index contributed by atoms with van der Waals surface area (Å²) in [5, 5.41) is 13.8. The molecule has 1 aromatic heterocycles. The van der Waals surface area contributed by atoms with Crippen molar-refractivity contribution in [2.45, 2.75) is 29.9 Å². The monoisotopic (exact) mass is 437 g/mol. The number of Topliss-reactive ketones (excluding diaryl/α,β-unsaturated/α-hetero) is 1. The fraction of sp³-hybridized carbons (Fsp3) is 0.333. The quantitative estimate of drug-likeness (QED) is 0.589. The molecular weight excluding hydrogens is 418 g/mol. The maximum Gasteiger partial charge on any atom is 0.356 e. The topological polar surface area (TPSA) is 143 Å². The van der Waals surface area contributed by atoms with E-state index in [1.807, 2.05) is 0 Å². The number of amides is 2. The van der Waals surface area contributed by atoms with Crippen LogP contribution in [0.2, 0.25) is 0 Å². The highest BCUT2D eigenvalue weighted by Crippen LogP contribution is 2.31. The predicted molar refractivity (Wildman–Crippen MR) is 108 cm³/mol. The number of carbonyl (C=O) groups is 3. The van der Waals surface area contributed by atoms with Crippen molar-refractivity contribution in [3.63, 3.8) is 0 Å². The van der Waals surface area contributed by atoms with Gasteiger partial charge in [-0.25, -0.2) is 23.0 Å². The molecule has 9 nitrogen and oxygen atoms in total. The molecule has 0 spiro atoms. The second-order valence-electron chi connectivity index (χ2n) is 6.70. The van der Waals surface area contributed by atoms with Crippen LogP contribution in [-0.4, -0.2) is 42.5 Å². The Labute approximate surface area is 171 Å². The van der Waals surface area contributed by atoms with Crippen LogP contribution in [0, 0.1) is 5.92 Å². The highest BCUT2D eigenvalue weighted by atomic mass is 32.2. The summed E-state index contributed by atoms with van der Waals surface area (Å²) in [4.78, 5) is 40.0. The molecule has 3 rings (SSSR count). The van der Waals surface area contributed by atoms with Gasteiger partial charge in [0, 0.05) is 17.7 Å². The maximum atomic E-state index is 12.7. The summed E-state index contributed by atoms with van der Waals surface area (Å²) in [6, 6.07) is 5.86. The van der Waals surface area contributed by atoms with Crippen LogP contribution >= 0.6 is 11.3 Å². The number of sulfone groups is 1. The Morgan fingerprint density at radius 2 is 1.79 bits per heavy atom. The van der Waals surface area contributed by atoms with Crippen LogP contribution in [0.4, 0.5) is 15.6 Å². The van der Waals surface area contributed by atoms with Crippen molar-refractivity contribution in [2.75, 3.05) is 16.9 Å². The molecule has 2 amide bonds. The van der Waals surface area contributed by atoms with E-state index in [4.69, 9.17) is 5.11 Å². The molecule has 3 N–H and O–H groups in total. The molecular formula is C18H19N3O6S2. The van der Waals surface area contributed by atoms with Crippen molar-refractivity contribution in [3.05, 3.63) is 35.5 Å². The van der Waals surface area contributed by atoms with Gasteiger partial charge in [-0.05, 0) is 25.0 Å². The fourth-order valence-electron chi connectivity index (χ4n) is 3.21. The van der Waals surface area contributed by atoms with E-state index >= 15 is 0 Å². The number of nitrogens with one attached hydrogen (secondary N) is 2. The third kappa shape index (κ3) is 4.80. The van der Waals surface area contributed by atoms with Crippen LogP contribution in [0.25, 0.3) is 0 Å². The largest absolute Gasteiger partial charge is 0.476 e. The van der Waals surface area contributed by atoms with Crippen molar-refractivity contribution in [2.24, 2.45) is 5.92 Å². The van der Waals surface area contributed by atoms with E-state index in [0.717, 1.165) is 31.9 Å². The zero-order valence-electron chi connectivity index (χ0n) is 15.5. The summed E-state index contributed by atoms with van der Waals surface area (Å²) < 4.78 is 23.0. The lowest BCUT2D eigenvalue weighted by atomic mass is 9.95. The Bertz CT molecular complexity index is 1070. The number of carbonyl (C=O) groups excluding carboxylic acids is 2. The molecule has 11 heteroatoms. The number of nitrogens with zero attached hydrogens (tertiary/aromatic N) is 1. The number of aromatic nitrogens is 1. The van der Waals surface area contributed by atoms with Crippen molar-refractivity contribution in [1.29, 1.82) is 0 Å². The number of ketones is 1. The number of para-hydroxylation sites is 1. The van der Waals surface area contributed by atoms with Crippen molar-refractivity contribution in [3.8, 4) is 0 Å². The van der Waals surface area contributed by atoms with E-state index in [-0.39, 0.29) is 16.8 Å². The lowest BCUT2D eigenvalue weighted by Crippen LogP contribution is -2.22. The molecule has 1 aliphatic carbocycles. The Hall–Kier alpha value is -2.79. The number of benzene rings is 1. The second kappa shape index (κ2) is 8.29. The first-order valence-corrected chi connectivity index (χ1v) is 11.5. The number of rotatable bonds is 6. The molecule has 0 aliphatic heterocycles. The number of carboxylic acids is 1. The number of anilines is 2. The normalized spacial score (nSPS) is 14.5. The lowest BCUT2D eigenvalue weighted by Gasteiger charge is -2.13. The summed E-state index contributed by atoms with van der Waals surface area (Å²) in [6.07, 6.45) is 4.52. The Balaban J connectivity index is 1.79. The zero-order chi connectivity index (χ0) is 21.2. The van der Waals surface area contributed by atoms with Crippen LogP contribution < -0.4 is 10.6 Å². The molecule has 0 saturated heterocycles. The van der Waals surface area contributed by atoms with Gasteiger partial charge in [0.05, 0.1) is 5.69 Å². The van der Waals surface area contributed by atoms with Gasteiger partial charge in [0.25, 0.3) is 0 Å². The average Bonchev–Trinajstić information content (AvgIpc) is 3.31. The van der Waals surface area contributed by atoms with E-state index in [2.05, 4.69) is 15.6 Å². The molecule has 1 aliphatic rings. The molecule has 1 heterocycles. The standard InChI is InChI=1S/C18H19N3O6S2/c1-29(26,27)16-13(15(23)24)20-18(28-16)21-17(25)19-12-9-5-4-8-11(12)14(22)10-6-2-3-7-10/h4-5,8-10H,2-3,6-7H2,1H3,(H,23,24)(H2,19,20,21,25). The number of aromatic carboxylic acids is 1. The third-order valence-electron chi connectivity index (χ3n) is 4.52. The molecule has 154 valence electrons. The summed E-state index contributed by atoms with van der Waals surface area (Å²) in [7, 11) is -3.82. The SMILES string of the molecule is CS(=O)(=O)c1sc(NC(=O)Nc2ccccc2C(=O)C2CCCC2)nc1C(=O)O. The summed E-state index contributed by atoms with van der Waals surface area (Å²) >= 11 is 0.546. The van der Waals surface area contributed by atoms with Crippen LogP contribution in [0.5, 0.6) is 0 Å². The Morgan fingerprint density at radius 1 is 1.14 bits per heavy atom. The van der Waals surface area contributed by atoms with Gasteiger partial charge in [0.1, 0.15) is 0 Å². The van der Waals surface area contributed by atoms with E-state index in [0.29, 0.717) is 22.6 Å². The summed E-state index contributed by atoms with van der Waals surface area (Å²) in [5.41, 5.74) is 0.0709. The van der Waals surface area contributed by atoms with Crippen LogP contribution in [0.3, 0.4) is 0 Å². The number of hydrogen-bond acceptors (Lipinski definition) is 7. The molecule has 1 aromatic carbocycles. The molecule has 1 saturated carbocycles. The Kier molecular flexibility index (Phi) is 5.99. The molecule has 2 aromatic rings. The van der Waals surface area contributed by atoms with Gasteiger partial charge in [0.2, 0.25) is 0 Å². The predicted octanol–water partition coefficient (Wildman–Crippen LogP) is 3.26. The number of thiazole rings is 1. The van der Waals surface area contributed by atoms with Gasteiger partial charge < -0.3 is 10.4 Å². The first-order valence-electron chi connectivity index (χ1n) is 8.82. The molecule has 0 atom stereocenters. The smallest absolute Gasteiger partial charge is 0.356 e. The minimum absolute atomic E-state index is 0.0276. The number of hydrogen-bond donors (Lipinski definition) is 3. The minimum Gasteiger partial charge on any atom is -0.476 e. The first kappa shape index (κ1) is 20.9. The van der Waals surface area contributed by atoms with Gasteiger partial charge in [-0.1, -0.05) is 36.3 Å². The molecule has 29 heavy (non-hydrogen) atoms. The molecule has 0 radical (unpaired) electrons. The minimum atomic E-state index is -3.82. The first-order chi connectivity index (χ1) is 13.7. The average molecular weight is 437 g/mol. The van der Waals surface area contributed by atoms with E-state index in [1.165, 1.54) is 0 Å². The fourth-order valence-corrected chi connectivity index (χ4v) is 5.22. The molecule has 0 unspecified atom stereocenters. The highest BCUT2D eigenvalue weighted by Gasteiger charge is 2.27. The van der Waals surface area contributed by atoms with Gasteiger partial charge in [-0.15, -0.1) is 0 Å². The van der Waals surface area contributed by atoms with E-state index < -0.39 is 31.7 Å². The summed E-state index contributed by atoms with van der Waals surface area (Å²) in [6.45, 7) is 0. The maximum absolute atomic E-state index is 12.7. The van der Waals surface area contributed by atoms with Crippen molar-refractivity contribution < 1.29 is 27.9 Å². The number of carboxylic acid groups (broad SMARTS) is 1. The van der Waals surface area contributed by atoms with Crippen LogP contribution in [-0.2, 0) is 9.84 Å². The highest BCUT2D eigenvalue weighted by molar-refractivity contribution is 7.93. The lowest BCUT2D eigenvalue weighted by molar-refractivity contribution is 0.0687. The molecule has 0 bridgehead atoms. The third-order valence-corrected chi connectivity index (χ3v) is 7.31. The number of urea groups is 1. The van der Waals surface area contributed by atoms with Gasteiger partial charge in [-0.2, -0.15) is 0 Å². The zero-order valence-corrected chi connectivity index (χ0v) is 17.1. The second-order valence-corrected chi connectivity index (χ2v) is 9.91. The van der Waals surface area contributed by atoms with Crippen LogP contribution in [0.15, 0.2) is 28.5 Å².